The average Bonchev–Trinajstić information content (AvgIpc) is 2.03. The summed E-state index contributed by atoms with van der Waals surface area (Å²) in [5.41, 5.74) is 5.58. The molecule has 0 aliphatic heterocycles. The molecule has 1 aromatic heterocycles. The summed E-state index contributed by atoms with van der Waals surface area (Å²) in [7, 11) is 0. The first-order valence-electron chi connectivity index (χ1n) is 3.39. The van der Waals surface area contributed by atoms with Gasteiger partial charge in [0.2, 0.25) is 0 Å². The minimum atomic E-state index is -2.55. The van der Waals surface area contributed by atoms with Gasteiger partial charge in [0.25, 0.3) is 6.43 Å². The van der Waals surface area contributed by atoms with Crippen molar-refractivity contribution >= 4 is 38.5 Å². The van der Waals surface area contributed by atoms with Crippen LogP contribution in [-0.4, -0.2) is 4.98 Å². The predicted octanol–water partition coefficient (Wildman–Crippen LogP) is 2.85. The Hall–Kier alpha value is 0.180. The minimum absolute atomic E-state index is 0.150. The molecule has 0 saturated heterocycles. The first-order valence-corrected chi connectivity index (χ1v) is 5.26. The highest BCUT2D eigenvalue weighted by Crippen LogP contribution is 2.26. The summed E-state index contributed by atoms with van der Waals surface area (Å²) in [5, 5.41) is 0. The van der Waals surface area contributed by atoms with Gasteiger partial charge in [0, 0.05) is 14.6 Å². The monoisotopic (exact) mass is 362 g/mol. The van der Waals surface area contributed by atoms with Gasteiger partial charge in [-0.05, 0) is 44.6 Å². The molecule has 0 aliphatic carbocycles. The molecule has 1 rings (SSSR count). The Kier molecular flexibility index (Phi) is 3.99. The zero-order valence-electron chi connectivity index (χ0n) is 6.40. The molecule has 0 atom stereocenters. The third-order valence-electron chi connectivity index (χ3n) is 1.43. The van der Waals surface area contributed by atoms with Gasteiger partial charge >= 0.3 is 0 Å². The Labute approximate surface area is 96.2 Å². The largest absolute Gasteiger partial charge is 0.325 e. The maximum Gasteiger partial charge on any atom is 0.281 e. The second-order valence-electron chi connectivity index (χ2n) is 2.29. The van der Waals surface area contributed by atoms with Crippen molar-refractivity contribution in [3.05, 3.63) is 25.5 Å². The van der Waals surface area contributed by atoms with Crippen molar-refractivity contribution < 1.29 is 8.78 Å². The highest BCUT2D eigenvalue weighted by Gasteiger charge is 2.15. The molecule has 0 radical (unpaired) electrons. The fraction of sp³-hybridized carbons (Fsp3) is 0.286. The van der Waals surface area contributed by atoms with Crippen LogP contribution in [0.5, 0.6) is 0 Å². The Balaban J connectivity index is 3.22. The lowest BCUT2D eigenvalue weighted by atomic mass is 10.3. The van der Waals surface area contributed by atoms with Crippen LogP contribution in [0.2, 0.25) is 0 Å². The molecule has 2 N–H and O–H groups in total. The Morgan fingerprint density at radius 2 is 2.23 bits per heavy atom. The van der Waals surface area contributed by atoms with Crippen LogP contribution in [-0.2, 0) is 6.54 Å². The Morgan fingerprint density at radius 1 is 1.62 bits per heavy atom. The molecular weight excluding hydrogens is 357 g/mol. The zero-order chi connectivity index (χ0) is 10.0. The van der Waals surface area contributed by atoms with Crippen LogP contribution in [0.1, 0.15) is 17.8 Å². The molecule has 72 valence electrons. The summed E-state index contributed by atoms with van der Waals surface area (Å²) in [5.74, 6) is 0. The summed E-state index contributed by atoms with van der Waals surface area (Å²) in [6, 6.07) is 1.59. The molecule has 0 saturated carbocycles. The predicted molar refractivity (Wildman–Crippen MR) is 57.5 cm³/mol. The summed E-state index contributed by atoms with van der Waals surface area (Å²) < 4.78 is 25.8. The number of aromatic nitrogens is 1. The number of nitrogens with two attached hydrogens (primary N) is 1. The molecule has 0 amide bonds. The number of halogens is 4. The molecule has 1 heterocycles. The lowest BCUT2D eigenvalue weighted by molar-refractivity contribution is 0.144. The summed E-state index contributed by atoms with van der Waals surface area (Å²) in [6.07, 6.45) is -2.55. The molecule has 0 fully saturated rings. The maximum atomic E-state index is 12.4. The number of pyridine rings is 1. The average molecular weight is 363 g/mol. The lowest BCUT2D eigenvalue weighted by Gasteiger charge is -2.06. The molecule has 0 spiro atoms. The van der Waals surface area contributed by atoms with E-state index in [0.29, 0.717) is 13.7 Å². The van der Waals surface area contributed by atoms with Gasteiger partial charge in [-0.15, -0.1) is 0 Å². The molecule has 0 aliphatic rings. The maximum absolute atomic E-state index is 12.4. The van der Waals surface area contributed by atoms with E-state index in [1.165, 1.54) is 0 Å². The number of hydrogen-bond acceptors (Lipinski definition) is 2. The van der Waals surface area contributed by atoms with Gasteiger partial charge in [-0.25, -0.2) is 13.8 Å². The van der Waals surface area contributed by atoms with E-state index >= 15 is 0 Å². The van der Waals surface area contributed by atoms with Crippen molar-refractivity contribution in [1.29, 1.82) is 0 Å². The smallest absolute Gasteiger partial charge is 0.281 e. The van der Waals surface area contributed by atoms with Gasteiger partial charge in [0.1, 0.15) is 5.69 Å². The molecule has 13 heavy (non-hydrogen) atoms. The van der Waals surface area contributed by atoms with E-state index in [1.54, 1.807) is 6.07 Å². The van der Waals surface area contributed by atoms with Crippen molar-refractivity contribution in [3.63, 3.8) is 0 Å². The molecule has 1 aromatic rings. The van der Waals surface area contributed by atoms with Crippen molar-refractivity contribution in [2.24, 2.45) is 5.73 Å². The molecule has 0 aromatic carbocycles. The highest BCUT2D eigenvalue weighted by atomic mass is 127. The first kappa shape index (κ1) is 11.3. The van der Waals surface area contributed by atoms with Gasteiger partial charge in [-0.3, -0.25) is 0 Å². The van der Waals surface area contributed by atoms with E-state index in [9.17, 15) is 8.78 Å². The Bertz CT molecular complexity index is 320. The van der Waals surface area contributed by atoms with Crippen LogP contribution in [0.25, 0.3) is 0 Å². The number of rotatable bonds is 2. The lowest BCUT2D eigenvalue weighted by Crippen LogP contribution is -2.05. The molecule has 6 heteroatoms. The number of hydrogen-bond donors (Lipinski definition) is 1. The summed E-state index contributed by atoms with van der Waals surface area (Å²) in [6.45, 7) is 0.150. The quantitative estimate of drug-likeness (QED) is 0.821. The Morgan fingerprint density at radius 3 is 2.69 bits per heavy atom. The van der Waals surface area contributed by atoms with Crippen molar-refractivity contribution in [3.8, 4) is 0 Å². The first-order chi connectivity index (χ1) is 6.06. The normalized spacial score (nSPS) is 10.9. The summed E-state index contributed by atoms with van der Waals surface area (Å²) >= 11 is 5.02. The second-order valence-corrected chi connectivity index (χ2v) is 4.31. The van der Waals surface area contributed by atoms with Gasteiger partial charge < -0.3 is 5.73 Å². The molecular formula is C7H6BrF2IN2. The fourth-order valence-electron chi connectivity index (χ4n) is 0.817. The highest BCUT2D eigenvalue weighted by molar-refractivity contribution is 14.1. The van der Waals surface area contributed by atoms with Crippen molar-refractivity contribution in [2.45, 2.75) is 13.0 Å². The van der Waals surface area contributed by atoms with Crippen molar-refractivity contribution in [1.82, 2.24) is 4.98 Å². The third-order valence-corrected chi connectivity index (χ3v) is 2.98. The van der Waals surface area contributed by atoms with Crippen LogP contribution in [0.3, 0.4) is 0 Å². The fourth-order valence-corrected chi connectivity index (χ4v) is 2.39. The van der Waals surface area contributed by atoms with Gasteiger partial charge in [0.05, 0.1) is 5.69 Å². The van der Waals surface area contributed by atoms with Gasteiger partial charge in [-0.2, -0.15) is 0 Å². The van der Waals surface area contributed by atoms with E-state index < -0.39 is 6.43 Å². The van der Waals surface area contributed by atoms with Crippen molar-refractivity contribution in [2.75, 3.05) is 0 Å². The van der Waals surface area contributed by atoms with E-state index in [1.807, 2.05) is 22.6 Å². The standard InChI is InChI=1S/C7H6BrF2IN2/c8-3-1-4(11)6(7(9)10)13-5(3)2-12/h1,7H,2,12H2. The van der Waals surface area contributed by atoms with Gasteiger partial charge in [0.15, 0.2) is 0 Å². The molecule has 0 bridgehead atoms. The number of nitrogens with zero attached hydrogens (tertiary/aromatic N) is 1. The van der Waals surface area contributed by atoms with Crippen LogP contribution < -0.4 is 5.73 Å². The topological polar surface area (TPSA) is 38.9 Å². The van der Waals surface area contributed by atoms with E-state index in [-0.39, 0.29) is 12.2 Å². The third kappa shape index (κ3) is 2.57. The molecule has 2 nitrogen and oxygen atoms in total. The second kappa shape index (κ2) is 4.61. The zero-order valence-corrected chi connectivity index (χ0v) is 10.1. The summed E-state index contributed by atoms with van der Waals surface area (Å²) in [4.78, 5) is 3.76. The van der Waals surface area contributed by atoms with Crippen LogP contribution in [0.15, 0.2) is 10.5 Å². The minimum Gasteiger partial charge on any atom is -0.325 e. The van der Waals surface area contributed by atoms with E-state index in [0.717, 1.165) is 0 Å². The van der Waals surface area contributed by atoms with Crippen LogP contribution in [0.4, 0.5) is 8.78 Å². The van der Waals surface area contributed by atoms with Crippen LogP contribution >= 0.6 is 38.5 Å². The molecule has 0 unspecified atom stereocenters. The SMILES string of the molecule is NCc1nc(C(F)F)c(I)cc1Br. The van der Waals surface area contributed by atoms with E-state index in [2.05, 4.69) is 20.9 Å². The van der Waals surface area contributed by atoms with E-state index in [4.69, 9.17) is 5.73 Å². The van der Waals surface area contributed by atoms with Gasteiger partial charge in [-0.1, -0.05) is 0 Å². The van der Waals surface area contributed by atoms with Crippen LogP contribution in [0, 0.1) is 3.57 Å². The number of alkyl halides is 2.